The van der Waals surface area contributed by atoms with Gasteiger partial charge < -0.3 is 14.8 Å². The number of fused-ring (bicyclic) bond motifs is 1. The van der Waals surface area contributed by atoms with Crippen LogP contribution in [-0.2, 0) is 16.1 Å². The van der Waals surface area contributed by atoms with Gasteiger partial charge in [-0.15, -0.1) is 0 Å². The number of aromatic nitrogens is 2. The van der Waals surface area contributed by atoms with Gasteiger partial charge in [0, 0.05) is 18.4 Å². The second-order valence-corrected chi connectivity index (χ2v) is 7.59. The van der Waals surface area contributed by atoms with Gasteiger partial charge >= 0.3 is 0 Å². The molecule has 2 N–H and O–H groups in total. The van der Waals surface area contributed by atoms with E-state index < -0.39 is 6.04 Å². The van der Waals surface area contributed by atoms with E-state index in [0.717, 1.165) is 16.7 Å². The fourth-order valence-electron chi connectivity index (χ4n) is 3.73. The number of imidazole rings is 1. The highest BCUT2D eigenvalue weighted by Crippen LogP contribution is 2.19. The first-order valence-electron chi connectivity index (χ1n) is 10.4. The minimum absolute atomic E-state index is 0.00916. The van der Waals surface area contributed by atoms with Crippen LogP contribution in [0.2, 0.25) is 0 Å². The Morgan fingerprint density at radius 2 is 1.47 bits per heavy atom. The molecule has 32 heavy (non-hydrogen) atoms. The van der Waals surface area contributed by atoms with Crippen molar-refractivity contribution in [3.8, 4) is 0 Å². The fraction of sp³-hybridized carbons (Fsp3) is 0.160. The minimum Gasteiger partial charge on any atom is -0.324 e. The van der Waals surface area contributed by atoms with Crippen LogP contribution in [0.3, 0.4) is 0 Å². The van der Waals surface area contributed by atoms with Gasteiger partial charge in [0.15, 0.2) is 0 Å². The van der Waals surface area contributed by atoms with E-state index in [-0.39, 0.29) is 24.0 Å². The Kier molecular flexibility index (Phi) is 5.89. The second-order valence-electron chi connectivity index (χ2n) is 7.59. The van der Waals surface area contributed by atoms with E-state index in [1.54, 1.807) is 28.0 Å². The monoisotopic (exact) mass is 427 g/mol. The molecule has 4 aromatic rings. The maximum Gasteiger partial charge on any atom is 0.247 e. The Morgan fingerprint density at radius 1 is 0.906 bits per heavy atom. The molecule has 0 aliphatic rings. The molecular formula is C25H25N5O2. The first-order chi connectivity index (χ1) is 15.5. The van der Waals surface area contributed by atoms with Crippen molar-refractivity contribution in [3.63, 3.8) is 0 Å². The van der Waals surface area contributed by atoms with Gasteiger partial charge in [-0.25, -0.2) is 0 Å². The summed E-state index contributed by atoms with van der Waals surface area (Å²) in [6, 6.07) is 25.4. The van der Waals surface area contributed by atoms with Crippen LogP contribution in [0.25, 0.3) is 11.0 Å². The Labute approximate surface area is 186 Å². The van der Waals surface area contributed by atoms with E-state index in [1.165, 1.54) is 0 Å². The Hall–Kier alpha value is -4.13. The molecule has 0 fully saturated rings. The lowest BCUT2D eigenvalue weighted by molar-refractivity contribution is -0.119. The average molecular weight is 428 g/mol. The third kappa shape index (κ3) is 4.05. The number of likely N-dealkylation sites (N-methyl/N-ethyl adjacent to an activating group) is 1. The van der Waals surface area contributed by atoms with Gasteiger partial charge in [0.2, 0.25) is 17.4 Å². The van der Waals surface area contributed by atoms with Crippen molar-refractivity contribution in [2.75, 3.05) is 17.3 Å². The average Bonchev–Trinajstić information content (AvgIpc) is 3.10. The summed E-state index contributed by atoms with van der Waals surface area (Å²) in [6.45, 7) is 1.75. The van der Waals surface area contributed by atoms with Crippen molar-refractivity contribution in [1.82, 2.24) is 9.13 Å². The molecule has 0 aliphatic heterocycles. The number of benzene rings is 3. The summed E-state index contributed by atoms with van der Waals surface area (Å²) in [4.78, 5) is 27.5. The normalized spacial score (nSPS) is 11.8. The number of nitrogens with one attached hydrogen (secondary N) is 2. The molecule has 0 bridgehead atoms. The molecule has 4 rings (SSSR count). The largest absolute Gasteiger partial charge is 0.324 e. The van der Waals surface area contributed by atoms with Gasteiger partial charge in [0.05, 0.1) is 11.0 Å². The van der Waals surface area contributed by atoms with E-state index in [0.29, 0.717) is 5.69 Å². The molecule has 0 saturated carbocycles. The van der Waals surface area contributed by atoms with Gasteiger partial charge in [0.1, 0.15) is 12.6 Å². The molecule has 0 spiro atoms. The van der Waals surface area contributed by atoms with Crippen molar-refractivity contribution < 1.29 is 9.59 Å². The zero-order chi connectivity index (χ0) is 22.7. The number of carbonyl (C=O) groups is 2. The van der Waals surface area contributed by atoms with Crippen LogP contribution in [-0.4, -0.2) is 28.0 Å². The summed E-state index contributed by atoms with van der Waals surface area (Å²) in [5, 5.41) is 11.7. The van der Waals surface area contributed by atoms with E-state index >= 15 is 0 Å². The molecule has 1 heterocycles. The van der Waals surface area contributed by atoms with Crippen LogP contribution in [0.5, 0.6) is 0 Å². The number of hydrogen-bond acceptors (Lipinski definition) is 3. The van der Waals surface area contributed by atoms with E-state index in [2.05, 4.69) is 5.32 Å². The second kappa shape index (κ2) is 8.93. The molecule has 0 aliphatic carbocycles. The minimum atomic E-state index is -0.643. The number of para-hydroxylation sites is 4. The number of nitrogens with zero attached hydrogens (tertiary/aromatic N) is 3. The summed E-state index contributed by atoms with van der Waals surface area (Å²) in [5.74, 6) is -0.385. The summed E-state index contributed by atoms with van der Waals surface area (Å²) < 4.78 is 3.30. The van der Waals surface area contributed by atoms with Crippen molar-refractivity contribution in [2.24, 2.45) is 0 Å². The van der Waals surface area contributed by atoms with Crippen molar-refractivity contribution in [1.29, 1.82) is 5.41 Å². The molecule has 1 aromatic heterocycles. The van der Waals surface area contributed by atoms with Crippen LogP contribution in [0.4, 0.5) is 11.4 Å². The first kappa shape index (κ1) is 21.1. The van der Waals surface area contributed by atoms with Gasteiger partial charge in [-0.3, -0.25) is 19.6 Å². The maximum absolute atomic E-state index is 13.0. The molecule has 0 radical (unpaired) electrons. The zero-order valence-corrected chi connectivity index (χ0v) is 18.0. The van der Waals surface area contributed by atoms with E-state index in [1.807, 2.05) is 84.9 Å². The molecule has 1 unspecified atom stereocenters. The Bertz CT molecular complexity index is 1310. The standard InChI is InChI=1S/C25H25N5O2/c1-18(24(32)27-19-11-5-3-6-12-19)30-22-16-10-9-15-21(22)29(25(30)26)17-23(31)28(2)20-13-7-4-8-14-20/h3-16,18,26H,17H2,1-2H3,(H,27,32). The molecule has 1 atom stereocenters. The third-order valence-corrected chi connectivity index (χ3v) is 5.53. The number of carbonyl (C=O) groups excluding carboxylic acids is 2. The highest BCUT2D eigenvalue weighted by Gasteiger charge is 2.23. The van der Waals surface area contributed by atoms with E-state index in [4.69, 9.17) is 5.41 Å². The number of amides is 2. The Balaban J connectivity index is 1.67. The summed E-state index contributed by atoms with van der Waals surface area (Å²) in [7, 11) is 1.72. The quantitative estimate of drug-likeness (QED) is 0.491. The molecule has 3 aromatic carbocycles. The third-order valence-electron chi connectivity index (χ3n) is 5.53. The first-order valence-corrected chi connectivity index (χ1v) is 10.4. The van der Waals surface area contributed by atoms with Gasteiger partial charge in [-0.1, -0.05) is 48.5 Å². The molecular weight excluding hydrogens is 402 g/mol. The molecule has 162 valence electrons. The summed E-state index contributed by atoms with van der Waals surface area (Å²) in [5.41, 5.74) is 3.02. The summed E-state index contributed by atoms with van der Waals surface area (Å²) >= 11 is 0. The Morgan fingerprint density at radius 3 is 2.12 bits per heavy atom. The highest BCUT2D eigenvalue weighted by molar-refractivity contribution is 5.95. The molecule has 7 nitrogen and oxygen atoms in total. The lowest BCUT2D eigenvalue weighted by atomic mass is 10.2. The van der Waals surface area contributed by atoms with Gasteiger partial charge in [-0.2, -0.15) is 0 Å². The van der Waals surface area contributed by atoms with Gasteiger partial charge in [0.25, 0.3) is 0 Å². The van der Waals surface area contributed by atoms with Crippen molar-refractivity contribution in [3.05, 3.63) is 90.5 Å². The van der Waals surface area contributed by atoms with Crippen LogP contribution < -0.4 is 15.8 Å². The molecule has 0 saturated heterocycles. The number of anilines is 2. The van der Waals surface area contributed by atoms with Crippen LogP contribution >= 0.6 is 0 Å². The van der Waals surface area contributed by atoms with E-state index in [9.17, 15) is 9.59 Å². The lowest BCUT2D eigenvalue weighted by Crippen LogP contribution is -2.37. The summed E-state index contributed by atoms with van der Waals surface area (Å²) in [6.07, 6.45) is 0. The topological polar surface area (TPSA) is 83.1 Å². The highest BCUT2D eigenvalue weighted by atomic mass is 16.2. The van der Waals surface area contributed by atoms with Crippen molar-refractivity contribution >= 4 is 34.2 Å². The maximum atomic E-state index is 13.0. The van der Waals surface area contributed by atoms with Crippen LogP contribution in [0.15, 0.2) is 84.9 Å². The smallest absolute Gasteiger partial charge is 0.247 e. The molecule has 2 amide bonds. The van der Waals surface area contributed by atoms with Crippen molar-refractivity contribution in [2.45, 2.75) is 19.5 Å². The predicted octanol–water partition coefficient (Wildman–Crippen LogP) is 3.78. The SMILES string of the molecule is CC(C(=O)Nc1ccccc1)n1c(=N)n(CC(=O)N(C)c2ccccc2)c2ccccc21. The number of rotatable bonds is 6. The van der Waals surface area contributed by atoms with Crippen LogP contribution in [0, 0.1) is 5.41 Å². The predicted molar refractivity (Wildman–Crippen MR) is 125 cm³/mol. The fourth-order valence-corrected chi connectivity index (χ4v) is 3.73. The van der Waals surface area contributed by atoms with Crippen LogP contribution in [0.1, 0.15) is 13.0 Å². The number of hydrogen-bond donors (Lipinski definition) is 2. The molecule has 7 heteroatoms. The lowest BCUT2D eigenvalue weighted by Gasteiger charge is -2.18. The zero-order valence-electron chi connectivity index (χ0n) is 18.0. The van der Waals surface area contributed by atoms with Gasteiger partial charge in [-0.05, 0) is 43.3 Å².